The van der Waals surface area contributed by atoms with Crippen molar-refractivity contribution >= 4 is 17.3 Å². The first-order chi connectivity index (χ1) is 8.58. The zero-order valence-electron chi connectivity index (χ0n) is 10.9. The van der Waals surface area contributed by atoms with Crippen LogP contribution < -0.4 is 10.2 Å². The van der Waals surface area contributed by atoms with E-state index in [9.17, 15) is 4.39 Å². The summed E-state index contributed by atoms with van der Waals surface area (Å²) in [4.78, 5) is 2.06. The van der Waals surface area contributed by atoms with Gasteiger partial charge in [-0.1, -0.05) is 31.5 Å². The molecular weight excluding hydrogens is 251 g/mol. The predicted octanol–water partition coefficient (Wildman–Crippen LogP) is 3.30. The molecule has 4 heteroatoms. The molecule has 0 saturated carbocycles. The van der Waals surface area contributed by atoms with Crippen molar-refractivity contribution in [3.8, 4) is 0 Å². The smallest absolute Gasteiger partial charge is 0.148 e. The summed E-state index contributed by atoms with van der Waals surface area (Å²) >= 11 is 6.09. The summed E-state index contributed by atoms with van der Waals surface area (Å²) in [5, 5.41) is 3.94. The summed E-state index contributed by atoms with van der Waals surface area (Å²) in [6, 6.07) is 5.37. The van der Waals surface area contributed by atoms with E-state index in [1.165, 1.54) is 6.07 Å². The van der Waals surface area contributed by atoms with E-state index in [1.54, 1.807) is 12.1 Å². The number of hydrogen-bond donors (Lipinski definition) is 1. The topological polar surface area (TPSA) is 15.3 Å². The van der Waals surface area contributed by atoms with Crippen molar-refractivity contribution in [2.75, 3.05) is 24.5 Å². The molecule has 100 valence electrons. The maximum atomic E-state index is 13.8. The van der Waals surface area contributed by atoms with E-state index in [0.29, 0.717) is 22.7 Å². The van der Waals surface area contributed by atoms with Crippen molar-refractivity contribution < 1.29 is 4.39 Å². The molecule has 1 aromatic carbocycles. The first kappa shape index (κ1) is 13.6. The third-order valence-corrected chi connectivity index (χ3v) is 3.66. The Labute approximate surface area is 113 Å². The van der Waals surface area contributed by atoms with Crippen LogP contribution in [0, 0.1) is 11.7 Å². The Hall–Kier alpha value is -0.800. The molecule has 0 radical (unpaired) electrons. The zero-order valence-corrected chi connectivity index (χ0v) is 11.7. The van der Waals surface area contributed by atoms with Gasteiger partial charge in [-0.25, -0.2) is 4.39 Å². The van der Waals surface area contributed by atoms with Gasteiger partial charge in [0.1, 0.15) is 5.82 Å². The Morgan fingerprint density at radius 1 is 1.50 bits per heavy atom. The quantitative estimate of drug-likeness (QED) is 0.903. The number of nitrogens with one attached hydrogen (secondary N) is 1. The molecule has 1 N–H and O–H groups in total. The Morgan fingerprint density at radius 3 is 2.94 bits per heavy atom. The lowest BCUT2D eigenvalue weighted by Gasteiger charge is -2.21. The van der Waals surface area contributed by atoms with Crippen LogP contribution in [-0.4, -0.2) is 25.7 Å². The van der Waals surface area contributed by atoms with Crippen molar-refractivity contribution in [1.29, 1.82) is 0 Å². The average Bonchev–Trinajstić information content (AvgIpc) is 2.75. The van der Waals surface area contributed by atoms with Gasteiger partial charge in [-0.05, 0) is 31.0 Å². The molecule has 1 fully saturated rings. The highest BCUT2D eigenvalue weighted by Crippen LogP contribution is 2.32. The van der Waals surface area contributed by atoms with Crippen LogP contribution in [0.5, 0.6) is 0 Å². The number of halogens is 2. The SMILES string of the molecule is CC(C)NCC1CCN(c2c(F)cccc2Cl)C1. The lowest BCUT2D eigenvalue weighted by molar-refractivity contribution is 0.480. The third-order valence-electron chi connectivity index (χ3n) is 3.35. The number of nitrogens with zero attached hydrogens (tertiary/aromatic N) is 1. The summed E-state index contributed by atoms with van der Waals surface area (Å²) in [6.45, 7) is 7.02. The fourth-order valence-corrected chi connectivity index (χ4v) is 2.68. The van der Waals surface area contributed by atoms with Crippen LogP contribution in [0.1, 0.15) is 20.3 Å². The zero-order chi connectivity index (χ0) is 13.1. The molecule has 1 atom stereocenters. The van der Waals surface area contributed by atoms with Gasteiger partial charge in [-0.3, -0.25) is 0 Å². The highest BCUT2D eigenvalue weighted by atomic mass is 35.5. The van der Waals surface area contributed by atoms with Crippen LogP contribution >= 0.6 is 11.6 Å². The van der Waals surface area contributed by atoms with Gasteiger partial charge < -0.3 is 10.2 Å². The molecule has 0 spiro atoms. The molecule has 1 aliphatic heterocycles. The van der Waals surface area contributed by atoms with Crippen LogP contribution in [0.4, 0.5) is 10.1 Å². The second-order valence-corrected chi connectivity index (χ2v) is 5.64. The van der Waals surface area contributed by atoms with E-state index >= 15 is 0 Å². The monoisotopic (exact) mass is 270 g/mol. The van der Waals surface area contributed by atoms with Crippen molar-refractivity contribution in [2.45, 2.75) is 26.3 Å². The number of benzene rings is 1. The first-order valence-corrected chi connectivity index (χ1v) is 6.88. The standard InChI is InChI=1S/C14H20ClFN2/c1-10(2)17-8-11-6-7-18(9-11)14-12(15)4-3-5-13(14)16/h3-5,10-11,17H,6-9H2,1-2H3. The first-order valence-electron chi connectivity index (χ1n) is 6.50. The summed E-state index contributed by atoms with van der Waals surface area (Å²) in [6.07, 6.45) is 1.09. The fraction of sp³-hybridized carbons (Fsp3) is 0.571. The molecule has 1 aromatic rings. The molecule has 2 rings (SSSR count). The Morgan fingerprint density at radius 2 is 2.28 bits per heavy atom. The second-order valence-electron chi connectivity index (χ2n) is 5.23. The summed E-state index contributed by atoms with van der Waals surface area (Å²) < 4.78 is 13.8. The van der Waals surface area contributed by atoms with Crippen LogP contribution in [0.2, 0.25) is 5.02 Å². The van der Waals surface area contributed by atoms with Gasteiger partial charge >= 0.3 is 0 Å². The van der Waals surface area contributed by atoms with Crippen LogP contribution in [0.25, 0.3) is 0 Å². The molecule has 18 heavy (non-hydrogen) atoms. The number of hydrogen-bond acceptors (Lipinski definition) is 2. The van der Waals surface area contributed by atoms with Crippen LogP contribution in [-0.2, 0) is 0 Å². The summed E-state index contributed by atoms with van der Waals surface area (Å²) in [7, 11) is 0. The molecule has 1 saturated heterocycles. The number of rotatable bonds is 4. The summed E-state index contributed by atoms with van der Waals surface area (Å²) in [5.41, 5.74) is 0.561. The van der Waals surface area contributed by atoms with Crippen LogP contribution in [0.3, 0.4) is 0 Å². The van der Waals surface area contributed by atoms with Gasteiger partial charge in [-0.2, -0.15) is 0 Å². The molecule has 1 unspecified atom stereocenters. The van der Waals surface area contributed by atoms with Gasteiger partial charge in [0, 0.05) is 19.1 Å². The second kappa shape index (κ2) is 5.89. The average molecular weight is 271 g/mol. The minimum atomic E-state index is -0.222. The molecule has 0 bridgehead atoms. The molecule has 0 amide bonds. The molecule has 1 heterocycles. The van der Waals surface area contributed by atoms with E-state index in [-0.39, 0.29) is 5.82 Å². The highest BCUT2D eigenvalue weighted by Gasteiger charge is 2.25. The lowest BCUT2D eigenvalue weighted by atomic mass is 10.1. The van der Waals surface area contributed by atoms with Gasteiger partial charge in [-0.15, -0.1) is 0 Å². The molecule has 0 aromatic heterocycles. The van der Waals surface area contributed by atoms with Crippen molar-refractivity contribution in [2.24, 2.45) is 5.92 Å². The number of para-hydroxylation sites is 1. The lowest BCUT2D eigenvalue weighted by Crippen LogP contribution is -2.31. The molecule has 2 nitrogen and oxygen atoms in total. The van der Waals surface area contributed by atoms with E-state index < -0.39 is 0 Å². The fourth-order valence-electron chi connectivity index (χ4n) is 2.40. The van der Waals surface area contributed by atoms with Crippen molar-refractivity contribution in [1.82, 2.24) is 5.32 Å². The van der Waals surface area contributed by atoms with Crippen molar-refractivity contribution in [3.05, 3.63) is 29.0 Å². The largest absolute Gasteiger partial charge is 0.368 e. The third kappa shape index (κ3) is 3.15. The van der Waals surface area contributed by atoms with Gasteiger partial charge in [0.05, 0.1) is 10.7 Å². The number of anilines is 1. The van der Waals surface area contributed by atoms with Gasteiger partial charge in [0.15, 0.2) is 0 Å². The molecule has 0 aliphatic carbocycles. The normalized spacial score (nSPS) is 19.8. The van der Waals surface area contributed by atoms with E-state index in [4.69, 9.17) is 11.6 Å². The van der Waals surface area contributed by atoms with E-state index in [2.05, 4.69) is 24.1 Å². The molecule has 1 aliphatic rings. The minimum Gasteiger partial charge on any atom is -0.368 e. The Kier molecular flexibility index (Phi) is 4.46. The van der Waals surface area contributed by atoms with Crippen molar-refractivity contribution in [3.63, 3.8) is 0 Å². The maximum Gasteiger partial charge on any atom is 0.148 e. The van der Waals surface area contributed by atoms with Gasteiger partial charge in [0.2, 0.25) is 0 Å². The minimum absolute atomic E-state index is 0.222. The molecular formula is C14H20ClFN2. The maximum absolute atomic E-state index is 13.8. The Balaban J connectivity index is 2.00. The van der Waals surface area contributed by atoms with E-state index in [0.717, 1.165) is 26.1 Å². The Bertz CT molecular complexity index is 389. The predicted molar refractivity (Wildman–Crippen MR) is 74.9 cm³/mol. The summed E-state index contributed by atoms with van der Waals surface area (Å²) in [5.74, 6) is 0.350. The van der Waals surface area contributed by atoms with Crippen LogP contribution in [0.15, 0.2) is 18.2 Å². The highest BCUT2D eigenvalue weighted by molar-refractivity contribution is 6.33. The van der Waals surface area contributed by atoms with E-state index in [1.807, 2.05) is 0 Å². The van der Waals surface area contributed by atoms with Gasteiger partial charge in [0.25, 0.3) is 0 Å².